The van der Waals surface area contributed by atoms with Gasteiger partial charge in [0.2, 0.25) is 20.0 Å². The number of hydrogen-bond acceptors (Lipinski definition) is 4. The molecule has 2 aromatic rings. The first-order valence-corrected chi connectivity index (χ1v) is 11.3. The normalized spacial score (nSPS) is 16.6. The van der Waals surface area contributed by atoms with Crippen molar-refractivity contribution in [1.29, 1.82) is 0 Å². The largest absolute Gasteiger partial charge is 0.243 e. The average Bonchev–Trinajstić information content (AvgIpc) is 3.44. The first-order valence-electron chi connectivity index (χ1n) is 8.37. The van der Waals surface area contributed by atoms with E-state index in [1.807, 2.05) is 30.3 Å². The standard InChI is InChI=1S/C18H22N2O4S2/c1-14(15-7-4-3-5-8-15)20(2)26(23,24)18-10-6-9-17(13-18)25(21,22)19-16-11-12-16/h3-10,13-14,16,19H,11-12H2,1-2H3. The van der Waals surface area contributed by atoms with Gasteiger partial charge in [-0.3, -0.25) is 0 Å². The minimum absolute atomic E-state index is 0.0359. The molecule has 0 heterocycles. The smallest absolute Gasteiger partial charge is 0.208 e. The number of nitrogens with zero attached hydrogens (tertiary/aromatic N) is 1. The fourth-order valence-electron chi connectivity index (χ4n) is 2.61. The molecule has 0 aliphatic heterocycles. The Bertz CT molecular complexity index is 985. The van der Waals surface area contributed by atoms with E-state index in [1.165, 1.54) is 35.6 Å². The summed E-state index contributed by atoms with van der Waals surface area (Å²) in [5, 5.41) is 0. The van der Waals surface area contributed by atoms with Gasteiger partial charge in [0, 0.05) is 19.1 Å². The van der Waals surface area contributed by atoms with E-state index in [1.54, 1.807) is 6.92 Å². The van der Waals surface area contributed by atoms with Crippen LogP contribution in [0.25, 0.3) is 0 Å². The van der Waals surface area contributed by atoms with E-state index < -0.39 is 20.0 Å². The molecule has 26 heavy (non-hydrogen) atoms. The van der Waals surface area contributed by atoms with E-state index in [4.69, 9.17) is 0 Å². The number of rotatable bonds is 7. The van der Waals surface area contributed by atoms with Crippen LogP contribution in [-0.4, -0.2) is 34.2 Å². The number of nitrogens with one attached hydrogen (secondary N) is 1. The molecule has 1 aliphatic carbocycles. The molecule has 0 radical (unpaired) electrons. The highest BCUT2D eigenvalue weighted by Crippen LogP contribution is 2.27. The maximum Gasteiger partial charge on any atom is 0.243 e. The zero-order valence-electron chi connectivity index (χ0n) is 14.7. The molecule has 0 bridgehead atoms. The van der Waals surface area contributed by atoms with Crippen molar-refractivity contribution in [1.82, 2.24) is 9.03 Å². The minimum atomic E-state index is -3.84. The Morgan fingerprint density at radius 3 is 2.19 bits per heavy atom. The summed E-state index contributed by atoms with van der Waals surface area (Å²) in [7, 11) is -6.06. The Morgan fingerprint density at radius 1 is 0.962 bits per heavy atom. The van der Waals surface area contributed by atoms with Crippen molar-refractivity contribution >= 4 is 20.0 Å². The molecule has 3 rings (SSSR count). The van der Waals surface area contributed by atoms with Gasteiger partial charge in [0.05, 0.1) is 9.79 Å². The Kier molecular flexibility index (Phi) is 5.21. The van der Waals surface area contributed by atoms with E-state index in [0.29, 0.717) is 0 Å². The van der Waals surface area contributed by atoms with E-state index in [9.17, 15) is 16.8 Å². The van der Waals surface area contributed by atoms with E-state index in [0.717, 1.165) is 18.4 Å². The molecule has 1 unspecified atom stereocenters. The van der Waals surface area contributed by atoms with Crippen molar-refractivity contribution in [2.75, 3.05) is 7.05 Å². The van der Waals surface area contributed by atoms with Crippen LogP contribution in [0.5, 0.6) is 0 Å². The lowest BCUT2D eigenvalue weighted by Gasteiger charge is -2.25. The summed E-state index contributed by atoms with van der Waals surface area (Å²) in [6.45, 7) is 1.79. The van der Waals surface area contributed by atoms with Crippen LogP contribution in [0.3, 0.4) is 0 Å². The third-order valence-corrected chi connectivity index (χ3v) is 7.96. The molecule has 140 valence electrons. The third kappa shape index (κ3) is 3.98. The van der Waals surface area contributed by atoms with Gasteiger partial charge >= 0.3 is 0 Å². The topological polar surface area (TPSA) is 83.6 Å². The molecule has 6 nitrogen and oxygen atoms in total. The van der Waals surface area contributed by atoms with E-state index in [-0.39, 0.29) is 21.9 Å². The fraction of sp³-hybridized carbons (Fsp3) is 0.333. The van der Waals surface area contributed by atoms with Crippen LogP contribution < -0.4 is 4.72 Å². The van der Waals surface area contributed by atoms with Gasteiger partial charge in [0.1, 0.15) is 0 Å². The van der Waals surface area contributed by atoms with Crippen LogP contribution in [-0.2, 0) is 20.0 Å². The van der Waals surface area contributed by atoms with E-state index in [2.05, 4.69) is 4.72 Å². The van der Waals surface area contributed by atoms with E-state index >= 15 is 0 Å². The lowest BCUT2D eigenvalue weighted by molar-refractivity contribution is 0.398. The molecule has 0 aromatic heterocycles. The Morgan fingerprint density at radius 2 is 1.58 bits per heavy atom. The molecule has 1 N–H and O–H groups in total. The molecule has 1 aliphatic rings. The van der Waals surface area contributed by atoms with Crippen LogP contribution in [0.15, 0.2) is 64.4 Å². The van der Waals surface area contributed by atoms with Crippen LogP contribution >= 0.6 is 0 Å². The predicted molar refractivity (Wildman–Crippen MR) is 99.6 cm³/mol. The summed E-state index contributed by atoms with van der Waals surface area (Å²) in [6, 6.07) is 14.4. The SMILES string of the molecule is CC(c1ccccc1)N(C)S(=O)(=O)c1cccc(S(=O)(=O)NC2CC2)c1. The molecular formula is C18H22N2O4S2. The van der Waals surface area contributed by atoms with Crippen molar-refractivity contribution in [2.24, 2.45) is 0 Å². The zero-order valence-corrected chi connectivity index (χ0v) is 16.3. The first kappa shape index (κ1) is 19.0. The van der Waals surface area contributed by atoms with Crippen molar-refractivity contribution in [3.8, 4) is 0 Å². The van der Waals surface area contributed by atoms with Gasteiger partial charge in [-0.1, -0.05) is 36.4 Å². The maximum atomic E-state index is 13.0. The van der Waals surface area contributed by atoms with Crippen molar-refractivity contribution in [3.05, 3.63) is 60.2 Å². The molecular weight excluding hydrogens is 372 g/mol. The second kappa shape index (κ2) is 7.11. The van der Waals surface area contributed by atoms with Gasteiger partial charge in [0.25, 0.3) is 0 Å². The Balaban J connectivity index is 1.90. The van der Waals surface area contributed by atoms with Crippen molar-refractivity contribution in [2.45, 2.75) is 41.6 Å². The zero-order chi connectivity index (χ0) is 18.9. The molecule has 1 fully saturated rings. The van der Waals surface area contributed by atoms with Crippen molar-refractivity contribution in [3.63, 3.8) is 0 Å². The third-order valence-electron chi connectivity index (χ3n) is 4.52. The molecule has 2 aromatic carbocycles. The summed E-state index contributed by atoms with van der Waals surface area (Å²) in [5.41, 5.74) is 0.859. The van der Waals surface area contributed by atoms with Crippen molar-refractivity contribution < 1.29 is 16.8 Å². The summed E-state index contributed by atoms with van der Waals surface area (Å²) in [6.07, 6.45) is 1.63. The maximum absolute atomic E-state index is 13.0. The average molecular weight is 395 g/mol. The molecule has 8 heteroatoms. The summed E-state index contributed by atoms with van der Waals surface area (Å²) in [4.78, 5) is -0.0762. The molecule has 1 atom stereocenters. The summed E-state index contributed by atoms with van der Waals surface area (Å²) in [5.74, 6) is 0. The lowest BCUT2D eigenvalue weighted by Crippen LogP contribution is -2.30. The minimum Gasteiger partial charge on any atom is -0.208 e. The number of benzene rings is 2. The van der Waals surface area contributed by atoms with Crippen LogP contribution in [0.2, 0.25) is 0 Å². The highest BCUT2D eigenvalue weighted by molar-refractivity contribution is 7.90. The predicted octanol–water partition coefficient (Wildman–Crippen LogP) is 2.51. The Labute approximate surface area is 155 Å². The van der Waals surface area contributed by atoms with Gasteiger partial charge in [-0.15, -0.1) is 0 Å². The molecule has 0 amide bonds. The van der Waals surface area contributed by atoms with Crippen LogP contribution in [0, 0.1) is 0 Å². The second-order valence-electron chi connectivity index (χ2n) is 6.48. The monoisotopic (exact) mass is 394 g/mol. The van der Waals surface area contributed by atoms with Gasteiger partial charge in [-0.2, -0.15) is 4.31 Å². The van der Waals surface area contributed by atoms with Gasteiger partial charge in [-0.25, -0.2) is 21.6 Å². The molecule has 0 saturated heterocycles. The summed E-state index contributed by atoms with van der Waals surface area (Å²) >= 11 is 0. The highest BCUT2D eigenvalue weighted by Gasteiger charge is 2.30. The second-order valence-corrected chi connectivity index (χ2v) is 10.2. The Hall–Kier alpha value is -1.74. The van der Waals surface area contributed by atoms with Gasteiger partial charge in [0.15, 0.2) is 0 Å². The fourth-order valence-corrected chi connectivity index (χ4v) is 5.43. The number of sulfonamides is 2. The van der Waals surface area contributed by atoms with Crippen LogP contribution in [0.1, 0.15) is 31.4 Å². The number of hydrogen-bond donors (Lipinski definition) is 1. The van der Waals surface area contributed by atoms with Gasteiger partial charge < -0.3 is 0 Å². The first-order chi connectivity index (χ1) is 12.2. The van der Waals surface area contributed by atoms with Crippen LogP contribution in [0.4, 0.5) is 0 Å². The molecule has 1 saturated carbocycles. The highest BCUT2D eigenvalue weighted by atomic mass is 32.2. The quantitative estimate of drug-likeness (QED) is 0.782. The molecule has 0 spiro atoms. The lowest BCUT2D eigenvalue weighted by atomic mass is 10.1. The van der Waals surface area contributed by atoms with Gasteiger partial charge in [-0.05, 0) is 43.5 Å². The summed E-state index contributed by atoms with van der Waals surface area (Å²) < 4.78 is 54.5.